The van der Waals surface area contributed by atoms with Gasteiger partial charge in [0, 0.05) is 0 Å². The van der Waals surface area contributed by atoms with Crippen LogP contribution in [0, 0.1) is 6.92 Å². The maximum Gasteiger partial charge on any atom is 0.176 e. The van der Waals surface area contributed by atoms with Crippen molar-refractivity contribution in [2.45, 2.75) is 6.92 Å². The summed E-state index contributed by atoms with van der Waals surface area (Å²) in [6.45, 7) is 2.01. The highest BCUT2D eigenvalue weighted by Crippen LogP contribution is 2.29. The lowest BCUT2D eigenvalue weighted by molar-refractivity contribution is 0.245. The molecule has 0 bridgehead atoms. The summed E-state index contributed by atoms with van der Waals surface area (Å²) in [5.74, 6) is 0.891. The van der Waals surface area contributed by atoms with Crippen molar-refractivity contribution in [2.24, 2.45) is 0 Å². The van der Waals surface area contributed by atoms with Crippen LogP contribution in [0.15, 0.2) is 18.2 Å². The Morgan fingerprint density at radius 3 is 3.10 bits per heavy atom. The normalized spacial score (nSPS) is 13.7. The third-order valence-electron chi connectivity index (χ3n) is 1.55. The Kier molecular flexibility index (Phi) is 1.05. The molecule has 1 heterocycles. The molecule has 2 rings (SSSR count). The second-order valence-electron chi connectivity index (χ2n) is 2.28. The van der Waals surface area contributed by atoms with Crippen LogP contribution in [-0.2, 0) is 0 Å². The van der Waals surface area contributed by atoms with Gasteiger partial charge in [0.05, 0.1) is 5.69 Å². The smallest absolute Gasteiger partial charge is 0.176 e. The zero-order chi connectivity index (χ0) is 6.97. The van der Waals surface area contributed by atoms with Crippen LogP contribution < -0.4 is 15.9 Å². The Balaban J connectivity index is 2.59. The first-order valence-electron chi connectivity index (χ1n) is 3.15. The highest BCUT2D eigenvalue weighted by Gasteiger charge is 2.11. The molecule has 0 aliphatic carbocycles. The third-order valence-corrected chi connectivity index (χ3v) is 1.55. The van der Waals surface area contributed by atoms with Crippen molar-refractivity contribution in [3.63, 3.8) is 0 Å². The Morgan fingerprint density at radius 2 is 2.30 bits per heavy atom. The van der Waals surface area contributed by atoms with Crippen molar-refractivity contribution in [3.05, 3.63) is 23.8 Å². The van der Waals surface area contributed by atoms with Crippen molar-refractivity contribution in [3.8, 4) is 5.75 Å². The van der Waals surface area contributed by atoms with Crippen LogP contribution in [0.25, 0.3) is 0 Å². The summed E-state index contributed by atoms with van der Waals surface area (Å²) in [6, 6.07) is 5.95. The summed E-state index contributed by atoms with van der Waals surface area (Å²) in [4.78, 5) is 5.07. The molecule has 0 radical (unpaired) electrons. The SMILES string of the molecule is Cc1cccc2c1ONN2. The summed E-state index contributed by atoms with van der Waals surface area (Å²) < 4.78 is 0. The molecule has 0 aromatic heterocycles. The molecule has 2 N–H and O–H groups in total. The van der Waals surface area contributed by atoms with Gasteiger partial charge >= 0.3 is 0 Å². The minimum atomic E-state index is 0.891. The lowest BCUT2D eigenvalue weighted by Crippen LogP contribution is -2.16. The topological polar surface area (TPSA) is 33.3 Å². The first-order valence-corrected chi connectivity index (χ1v) is 3.15. The number of hydrogen-bond donors (Lipinski definition) is 2. The van der Waals surface area contributed by atoms with Gasteiger partial charge in [-0.15, -0.1) is 0 Å². The fraction of sp³-hybridized carbons (Fsp3) is 0.143. The molecule has 0 saturated heterocycles. The van der Waals surface area contributed by atoms with Gasteiger partial charge in [-0.2, -0.15) is 0 Å². The number of para-hydroxylation sites is 1. The van der Waals surface area contributed by atoms with Gasteiger partial charge in [-0.1, -0.05) is 17.7 Å². The number of hydrazine groups is 1. The predicted molar refractivity (Wildman–Crippen MR) is 38.6 cm³/mol. The van der Waals surface area contributed by atoms with E-state index in [0.717, 1.165) is 17.0 Å². The van der Waals surface area contributed by atoms with E-state index < -0.39 is 0 Å². The average Bonchev–Trinajstić information content (AvgIpc) is 2.36. The molecule has 52 valence electrons. The molecule has 1 aliphatic rings. The summed E-state index contributed by atoms with van der Waals surface area (Å²) in [7, 11) is 0. The highest BCUT2D eigenvalue weighted by molar-refractivity contribution is 5.60. The molecule has 3 heteroatoms. The molecule has 1 aromatic rings. The van der Waals surface area contributed by atoms with E-state index in [9.17, 15) is 0 Å². The maximum absolute atomic E-state index is 5.07. The largest absolute Gasteiger partial charge is 0.387 e. The summed E-state index contributed by atoms with van der Waals surface area (Å²) in [5.41, 5.74) is 7.58. The summed E-state index contributed by atoms with van der Waals surface area (Å²) >= 11 is 0. The van der Waals surface area contributed by atoms with Crippen LogP contribution in [0.4, 0.5) is 5.69 Å². The first-order chi connectivity index (χ1) is 4.88. The lowest BCUT2D eigenvalue weighted by Gasteiger charge is -1.96. The molecule has 3 nitrogen and oxygen atoms in total. The van der Waals surface area contributed by atoms with E-state index in [4.69, 9.17) is 4.84 Å². The van der Waals surface area contributed by atoms with Gasteiger partial charge in [-0.05, 0) is 18.6 Å². The molecule has 0 amide bonds. The Labute approximate surface area is 58.9 Å². The highest BCUT2D eigenvalue weighted by atomic mass is 16.7. The van der Waals surface area contributed by atoms with Crippen molar-refractivity contribution in [1.82, 2.24) is 5.59 Å². The van der Waals surface area contributed by atoms with E-state index in [2.05, 4.69) is 11.0 Å². The van der Waals surface area contributed by atoms with Crippen LogP contribution in [0.2, 0.25) is 0 Å². The Hall–Kier alpha value is -1.22. The molecular formula is C7H8N2O. The zero-order valence-electron chi connectivity index (χ0n) is 5.64. The second kappa shape index (κ2) is 1.88. The minimum Gasteiger partial charge on any atom is -0.387 e. The van der Waals surface area contributed by atoms with E-state index in [1.807, 2.05) is 25.1 Å². The number of benzene rings is 1. The van der Waals surface area contributed by atoms with Crippen LogP contribution in [-0.4, -0.2) is 0 Å². The van der Waals surface area contributed by atoms with Crippen molar-refractivity contribution in [1.29, 1.82) is 0 Å². The fourth-order valence-electron chi connectivity index (χ4n) is 1.02. The van der Waals surface area contributed by atoms with Crippen LogP contribution in [0.1, 0.15) is 5.56 Å². The molecule has 0 fully saturated rings. The van der Waals surface area contributed by atoms with E-state index in [0.29, 0.717) is 0 Å². The minimum absolute atomic E-state index is 0.891. The lowest BCUT2D eigenvalue weighted by atomic mass is 10.2. The number of anilines is 1. The standard InChI is InChI=1S/C7H8N2O/c1-5-3-2-4-6-7(5)10-9-8-6/h2-4,8-9H,1H3. The quantitative estimate of drug-likeness (QED) is 0.562. The number of hydrogen-bond acceptors (Lipinski definition) is 3. The molecule has 1 aromatic carbocycles. The van der Waals surface area contributed by atoms with Gasteiger partial charge in [-0.3, -0.25) is 5.43 Å². The Bertz CT molecular complexity index is 260. The average molecular weight is 136 g/mol. The molecule has 0 spiro atoms. The van der Waals surface area contributed by atoms with Gasteiger partial charge < -0.3 is 4.84 Å². The van der Waals surface area contributed by atoms with E-state index in [1.165, 1.54) is 0 Å². The summed E-state index contributed by atoms with van der Waals surface area (Å²) in [5, 5.41) is 0. The summed E-state index contributed by atoms with van der Waals surface area (Å²) in [6.07, 6.45) is 0. The Morgan fingerprint density at radius 1 is 1.40 bits per heavy atom. The molecule has 1 aliphatic heterocycles. The van der Waals surface area contributed by atoms with E-state index in [-0.39, 0.29) is 0 Å². The predicted octanol–water partition coefficient (Wildman–Crippen LogP) is 1.22. The molecule has 0 unspecified atom stereocenters. The monoisotopic (exact) mass is 136 g/mol. The van der Waals surface area contributed by atoms with Gasteiger partial charge in [0.25, 0.3) is 0 Å². The van der Waals surface area contributed by atoms with Crippen molar-refractivity contribution >= 4 is 5.69 Å². The van der Waals surface area contributed by atoms with Gasteiger partial charge in [0.1, 0.15) is 0 Å². The van der Waals surface area contributed by atoms with Gasteiger partial charge in [0.15, 0.2) is 5.75 Å². The number of fused-ring (bicyclic) bond motifs is 1. The van der Waals surface area contributed by atoms with Crippen molar-refractivity contribution in [2.75, 3.05) is 5.43 Å². The number of nitrogens with one attached hydrogen (secondary N) is 2. The molecule has 0 saturated carbocycles. The number of rotatable bonds is 0. The van der Waals surface area contributed by atoms with E-state index >= 15 is 0 Å². The van der Waals surface area contributed by atoms with Gasteiger partial charge in [-0.25, -0.2) is 0 Å². The van der Waals surface area contributed by atoms with Gasteiger partial charge in [0.2, 0.25) is 0 Å². The zero-order valence-corrected chi connectivity index (χ0v) is 5.64. The van der Waals surface area contributed by atoms with E-state index in [1.54, 1.807) is 0 Å². The van der Waals surface area contributed by atoms with Crippen LogP contribution in [0.3, 0.4) is 0 Å². The van der Waals surface area contributed by atoms with Crippen molar-refractivity contribution < 1.29 is 4.84 Å². The third kappa shape index (κ3) is 0.642. The maximum atomic E-state index is 5.07. The second-order valence-corrected chi connectivity index (χ2v) is 2.28. The molecule has 10 heavy (non-hydrogen) atoms. The van der Waals surface area contributed by atoms with Crippen LogP contribution in [0.5, 0.6) is 5.75 Å². The van der Waals surface area contributed by atoms with Crippen LogP contribution >= 0.6 is 0 Å². The molecule has 0 atom stereocenters. The molecular weight excluding hydrogens is 128 g/mol. The number of aryl methyl sites for hydroxylation is 1. The fourth-order valence-corrected chi connectivity index (χ4v) is 1.02. The first kappa shape index (κ1) is 5.56.